The average molecular weight is 290 g/mol. The zero-order chi connectivity index (χ0) is 15.4. The molecule has 2 heterocycles. The van der Waals surface area contributed by atoms with Gasteiger partial charge in [-0.05, 0) is 51.1 Å². The predicted octanol–water partition coefficient (Wildman–Crippen LogP) is 2.42. The summed E-state index contributed by atoms with van der Waals surface area (Å²) >= 11 is 0. The molecule has 0 bridgehead atoms. The van der Waals surface area contributed by atoms with Crippen molar-refractivity contribution in [2.24, 2.45) is 0 Å². The van der Waals surface area contributed by atoms with Crippen LogP contribution in [0.5, 0.6) is 0 Å². The summed E-state index contributed by atoms with van der Waals surface area (Å²) in [6, 6.07) is 3.39. The molecule has 1 unspecified atom stereocenters. The van der Waals surface area contributed by atoms with E-state index in [1.165, 1.54) is 29.8 Å². The first-order valence-corrected chi connectivity index (χ1v) is 8.07. The van der Waals surface area contributed by atoms with Gasteiger partial charge in [-0.25, -0.2) is 4.98 Å². The van der Waals surface area contributed by atoms with Crippen LogP contribution in [-0.2, 0) is 6.54 Å². The molecule has 1 aliphatic rings. The SMILES string of the molecule is Cc1cc(CNC(C)C)cnc1N1CCCC1CN(C)C. The van der Waals surface area contributed by atoms with Gasteiger partial charge in [-0.1, -0.05) is 13.8 Å². The van der Waals surface area contributed by atoms with Crippen LogP contribution in [0.25, 0.3) is 0 Å². The Labute approximate surface area is 129 Å². The first-order chi connectivity index (χ1) is 9.97. The van der Waals surface area contributed by atoms with Gasteiger partial charge in [0.25, 0.3) is 0 Å². The number of anilines is 1. The molecule has 1 aliphatic heterocycles. The second-order valence-electron chi connectivity index (χ2n) is 6.77. The molecule has 0 spiro atoms. The molecule has 4 heteroatoms. The number of aryl methyl sites for hydroxylation is 1. The standard InChI is InChI=1S/C17H30N4/c1-13(2)18-10-15-9-14(3)17(19-11-15)21-8-6-7-16(21)12-20(4)5/h9,11,13,16,18H,6-8,10,12H2,1-5H3. The van der Waals surface area contributed by atoms with Gasteiger partial charge in [-0.15, -0.1) is 0 Å². The van der Waals surface area contributed by atoms with Gasteiger partial charge in [0.2, 0.25) is 0 Å². The van der Waals surface area contributed by atoms with Crippen LogP contribution < -0.4 is 10.2 Å². The lowest BCUT2D eigenvalue weighted by atomic mass is 10.1. The molecule has 4 nitrogen and oxygen atoms in total. The lowest BCUT2D eigenvalue weighted by Gasteiger charge is -2.29. The zero-order valence-corrected chi connectivity index (χ0v) is 14.2. The molecule has 1 atom stereocenters. The van der Waals surface area contributed by atoms with Crippen LogP contribution in [0.1, 0.15) is 37.8 Å². The fourth-order valence-electron chi connectivity index (χ4n) is 3.07. The van der Waals surface area contributed by atoms with Crippen molar-refractivity contribution in [1.29, 1.82) is 0 Å². The smallest absolute Gasteiger partial charge is 0.131 e. The third-order valence-electron chi connectivity index (χ3n) is 4.05. The van der Waals surface area contributed by atoms with Crippen molar-refractivity contribution in [2.75, 3.05) is 32.1 Å². The van der Waals surface area contributed by atoms with Crippen LogP contribution in [0.4, 0.5) is 5.82 Å². The molecule has 1 N–H and O–H groups in total. The molecule has 1 aromatic rings. The van der Waals surface area contributed by atoms with E-state index in [-0.39, 0.29) is 0 Å². The minimum Gasteiger partial charge on any atom is -0.352 e. The minimum atomic E-state index is 0.507. The molecule has 2 rings (SSSR count). The summed E-state index contributed by atoms with van der Waals surface area (Å²) in [5.41, 5.74) is 2.57. The van der Waals surface area contributed by atoms with Crippen LogP contribution in [0.2, 0.25) is 0 Å². The van der Waals surface area contributed by atoms with Crippen molar-refractivity contribution in [2.45, 2.75) is 52.2 Å². The van der Waals surface area contributed by atoms with E-state index in [1.54, 1.807) is 0 Å². The Balaban J connectivity index is 2.09. The van der Waals surface area contributed by atoms with Crippen molar-refractivity contribution in [3.63, 3.8) is 0 Å². The molecular weight excluding hydrogens is 260 g/mol. The van der Waals surface area contributed by atoms with E-state index in [1.807, 2.05) is 6.20 Å². The first kappa shape index (κ1) is 16.2. The van der Waals surface area contributed by atoms with Crippen LogP contribution in [0, 0.1) is 6.92 Å². The molecular formula is C17H30N4. The maximum absolute atomic E-state index is 4.76. The molecule has 21 heavy (non-hydrogen) atoms. The third-order valence-corrected chi connectivity index (χ3v) is 4.05. The van der Waals surface area contributed by atoms with Crippen LogP contribution in [-0.4, -0.2) is 49.2 Å². The number of hydrogen-bond donors (Lipinski definition) is 1. The predicted molar refractivity (Wildman–Crippen MR) is 89.9 cm³/mol. The van der Waals surface area contributed by atoms with E-state index >= 15 is 0 Å². The molecule has 1 aromatic heterocycles. The minimum absolute atomic E-state index is 0.507. The second-order valence-corrected chi connectivity index (χ2v) is 6.77. The average Bonchev–Trinajstić information content (AvgIpc) is 2.83. The summed E-state index contributed by atoms with van der Waals surface area (Å²) in [5.74, 6) is 1.17. The van der Waals surface area contributed by atoms with Crippen LogP contribution >= 0.6 is 0 Å². The Morgan fingerprint density at radius 3 is 2.81 bits per heavy atom. The van der Waals surface area contributed by atoms with E-state index in [4.69, 9.17) is 4.98 Å². The highest BCUT2D eigenvalue weighted by atomic mass is 15.3. The Morgan fingerprint density at radius 1 is 1.43 bits per heavy atom. The van der Waals surface area contributed by atoms with Gasteiger partial charge in [0.15, 0.2) is 0 Å². The maximum atomic E-state index is 4.76. The molecule has 0 amide bonds. The van der Waals surface area contributed by atoms with Crippen LogP contribution in [0.3, 0.4) is 0 Å². The molecule has 0 aromatic carbocycles. The summed E-state index contributed by atoms with van der Waals surface area (Å²) in [4.78, 5) is 9.54. The molecule has 118 valence electrons. The van der Waals surface area contributed by atoms with Crippen molar-refractivity contribution in [1.82, 2.24) is 15.2 Å². The summed E-state index contributed by atoms with van der Waals surface area (Å²) < 4.78 is 0. The lowest BCUT2D eigenvalue weighted by molar-refractivity contribution is 0.371. The number of hydrogen-bond acceptors (Lipinski definition) is 4. The fourth-order valence-corrected chi connectivity index (χ4v) is 3.07. The van der Waals surface area contributed by atoms with E-state index < -0.39 is 0 Å². The quantitative estimate of drug-likeness (QED) is 0.872. The number of nitrogens with one attached hydrogen (secondary N) is 1. The van der Waals surface area contributed by atoms with Crippen molar-refractivity contribution in [3.05, 3.63) is 23.4 Å². The third kappa shape index (κ3) is 4.42. The Hall–Kier alpha value is -1.13. The van der Waals surface area contributed by atoms with Crippen LogP contribution in [0.15, 0.2) is 12.3 Å². The molecule has 0 saturated carbocycles. The van der Waals surface area contributed by atoms with Gasteiger partial charge in [-0.3, -0.25) is 0 Å². The molecule has 0 radical (unpaired) electrons. The Morgan fingerprint density at radius 2 is 2.19 bits per heavy atom. The second kappa shape index (κ2) is 7.23. The summed E-state index contributed by atoms with van der Waals surface area (Å²) in [7, 11) is 4.30. The fraction of sp³-hybridized carbons (Fsp3) is 0.706. The maximum Gasteiger partial charge on any atom is 0.131 e. The lowest BCUT2D eigenvalue weighted by Crippen LogP contribution is -2.38. The first-order valence-electron chi connectivity index (χ1n) is 8.07. The highest BCUT2D eigenvalue weighted by Crippen LogP contribution is 2.27. The number of rotatable bonds is 6. The van der Waals surface area contributed by atoms with Crippen molar-refractivity contribution in [3.8, 4) is 0 Å². The van der Waals surface area contributed by atoms with Gasteiger partial charge in [0, 0.05) is 37.9 Å². The van der Waals surface area contributed by atoms with E-state index in [2.05, 4.69) is 56.0 Å². The highest BCUT2D eigenvalue weighted by Gasteiger charge is 2.27. The van der Waals surface area contributed by atoms with Gasteiger partial charge in [0.1, 0.15) is 5.82 Å². The Bertz CT molecular complexity index is 456. The number of nitrogens with zero attached hydrogens (tertiary/aromatic N) is 3. The topological polar surface area (TPSA) is 31.4 Å². The molecule has 1 saturated heterocycles. The number of aromatic nitrogens is 1. The summed E-state index contributed by atoms with van der Waals surface area (Å²) in [6.07, 6.45) is 4.58. The number of likely N-dealkylation sites (N-methyl/N-ethyl adjacent to an activating group) is 1. The monoisotopic (exact) mass is 290 g/mol. The molecule has 1 fully saturated rings. The van der Waals surface area contributed by atoms with E-state index in [0.29, 0.717) is 12.1 Å². The summed E-state index contributed by atoms with van der Waals surface area (Å²) in [5, 5.41) is 3.45. The largest absolute Gasteiger partial charge is 0.352 e. The normalized spacial score (nSPS) is 19.0. The van der Waals surface area contributed by atoms with Gasteiger partial charge in [-0.2, -0.15) is 0 Å². The van der Waals surface area contributed by atoms with Gasteiger partial charge < -0.3 is 15.1 Å². The number of pyridine rings is 1. The van der Waals surface area contributed by atoms with E-state index in [0.717, 1.165) is 19.6 Å². The summed E-state index contributed by atoms with van der Waals surface area (Å²) in [6.45, 7) is 9.67. The van der Waals surface area contributed by atoms with Crippen molar-refractivity contribution < 1.29 is 0 Å². The highest BCUT2D eigenvalue weighted by molar-refractivity contribution is 5.49. The van der Waals surface area contributed by atoms with E-state index in [9.17, 15) is 0 Å². The Kier molecular flexibility index (Phi) is 5.59. The van der Waals surface area contributed by atoms with Gasteiger partial charge in [0.05, 0.1) is 0 Å². The molecule has 0 aliphatic carbocycles. The van der Waals surface area contributed by atoms with Gasteiger partial charge >= 0.3 is 0 Å². The van der Waals surface area contributed by atoms with Crippen molar-refractivity contribution >= 4 is 5.82 Å². The zero-order valence-electron chi connectivity index (χ0n) is 14.2.